The Hall–Kier alpha value is -0.870. The van der Waals surface area contributed by atoms with Crippen LogP contribution in [0.4, 0.5) is 0 Å². The lowest BCUT2D eigenvalue weighted by molar-refractivity contribution is 0.196. The number of ether oxygens (including phenoxy) is 2. The fraction of sp³-hybridized carbons (Fsp3) is 0.562. The number of hydrogen-bond donors (Lipinski definition) is 3. The van der Waals surface area contributed by atoms with E-state index in [9.17, 15) is 0 Å². The van der Waals surface area contributed by atoms with Gasteiger partial charge in [0, 0.05) is 18.8 Å². The number of nitrogens with one attached hydrogen (secondary N) is 2. The first-order chi connectivity index (χ1) is 11.2. The molecule has 0 atom stereocenters. The predicted molar refractivity (Wildman–Crippen MR) is 112 cm³/mol. The summed E-state index contributed by atoms with van der Waals surface area (Å²) in [5.41, 5.74) is 1.03. The maximum absolute atomic E-state index is 8.83. The molecule has 0 saturated heterocycles. The molecule has 0 bridgehead atoms. The minimum atomic E-state index is -0.0248. The van der Waals surface area contributed by atoms with Crippen molar-refractivity contribution in [2.75, 3.05) is 45.4 Å². The van der Waals surface area contributed by atoms with Crippen LogP contribution in [-0.4, -0.2) is 56.5 Å². The van der Waals surface area contributed by atoms with Crippen LogP contribution < -0.4 is 20.1 Å². The summed E-state index contributed by atoms with van der Waals surface area (Å²) >= 11 is 1.80. The van der Waals surface area contributed by atoms with Crippen molar-refractivity contribution in [1.82, 2.24) is 10.6 Å². The van der Waals surface area contributed by atoms with Gasteiger partial charge in [0.15, 0.2) is 17.5 Å². The number of nitrogens with zero attached hydrogens (tertiary/aromatic N) is 1. The van der Waals surface area contributed by atoms with E-state index < -0.39 is 0 Å². The van der Waals surface area contributed by atoms with Crippen molar-refractivity contribution >= 4 is 41.7 Å². The van der Waals surface area contributed by atoms with Crippen molar-refractivity contribution in [3.63, 3.8) is 0 Å². The number of aliphatic imine (C=N–C) groups is 1. The van der Waals surface area contributed by atoms with Gasteiger partial charge in [-0.2, -0.15) is 11.8 Å². The summed E-state index contributed by atoms with van der Waals surface area (Å²) in [6, 6.07) is 5.69. The summed E-state index contributed by atoms with van der Waals surface area (Å²) in [5, 5.41) is 15.4. The second-order valence-electron chi connectivity index (χ2n) is 4.67. The minimum Gasteiger partial charge on any atom is -0.493 e. The van der Waals surface area contributed by atoms with Gasteiger partial charge in [0.2, 0.25) is 0 Å². The minimum absolute atomic E-state index is 0. The van der Waals surface area contributed by atoms with Crippen molar-refractivity contribution in [2.45, 2.75) is 13.5 Å². The highest BCUT2D eigenvalue weighted by Crippen LogP contribution is 2.28. The highest BCUT2D eigenvalue weighted by molar-refractivity contribution is 14.0. The second-order valence-corrected chi connectivity index (χ2v) is 5.66. The van der Waals surface area contributed by atoms with Crippen molar-refractivity contribution in [3.05, 3.63) is 23.8 Å². The van der Waals surface area contributed by atoms with E-state index in [1.165, 1.54) is 0 Å². The van der Waals surface area contributed by atoms with Crippen molar-refractivity contribution in [3.8, 4) is 11.5 Å². The summed E-state index contributed by atoms with van der Waals surface area (Å²) in [6.45, 7) is 4.51. The third-order valence-corrected chi connectivity index (χ3v) is 3.55. The molecule has 0 spiro atoms. The highest BCUT2D eigenvalue weighted by Gasteiger charge is 2.06. The first-order valence-corrected chi connectivity index (χ1v) is 9.06. The van der Waals surface area contributed by atoms with Crippen LogP contribution in [-0.2, 0) is 6.54 Å². The van der Waals surface area contributed by atoms with E-state index in [0.717, 1.165) is 30.4 Å². The van der Waals surface area contributed by atoms with Gasteiger partial charge < -0.3 is 25.2 Å². The van der Waals surface area contributed by atoms with Crippen LogP contribution in [0, 0.1) is 0 Å². The van der Waals surface area contributed by atoms with E-state index in [1.54, 1.807) is 18.9 Å². The molecule has 24 heavy (non-hydrogen) atoms. The summed E-state index contributed by atoms with van der Waals surface area (Å²) in [5.74, 6) is 3.11. The quantitative estimate of drug-likeness (QED) is 0.211. The Morgan fingerprint density at radius 2 is 2.08 bits per heavy atom. The summed E-state index contributed by atoms with van der Waals surface area (Å²) in [7, 11) is 1.60. The standard InChI is InChI=1S/C16H27N3O3S.HI/c1-4-17-16(18-7-10-23-3)19-12-13-5-6-14(22-9-8-20)15(11-13)21-2;/h5-6,11,20H,4,7-10,12H2,1-3H3,(H2,17,18,19);1H. The van der Waals surface area contributed by atoms with E-state index in [1.807, 2.05) is 25.1 Å². The van der Waals surface area contributed by atoms with Gasteiger partial charge in [-0.25, -0.2) is 4.99 Å². The van der Waals surface area contributed by atoms with Gasteiger partial charge in [-0.3, -0.25) is 0 Å². The molecule has 0 radical (unpaired) electrons. The van der Waals surface area contributed by atoms with Crippen LogP contribution in [0.1, 0.15) is 12.5 Å². The van der Waals surface area contributed by atoms with Crippen LogP contribution in [0.2, 0.25) is 0 Å². The summed E-state index contributed by atoms with van der Waals surface area (Å²) < 4.78 is 10.8. The lowest BCUT2D eigenvalue weighted by Gasteiger charge is -2.12. The lowest BCUT2D eigenvalue weighted by Crippen LogP contribution is -2.38. The number of thioether (sulfide) groups is 1. The van der Waals surface area contributed by atoms with Crippen LogP contribution in [0.25, 0.3) is 0 Å². The molecule has 1 aromatic rings. The van der Waals surface area contributed by atoms with Crippen molar-refractivity contribution in [2.24, 2.45) is 4.99 Å². The molecule has 8 heteroatoms. The maximum Gasteiger partial charge on any atom is 0.191 e. The van der Waals surface area contributed by atoms with Crippen molar-refractivity contribution in [1.29, 1.82) is 0 Å². The Morgan fingerprint density at radius 3 is 2.71 bits per heavy atom. The Balaban J connectivity index is 0.00000529. The van der Waals surface area contributed by atoms with Gasteiger partial charge in [0.25, 0.3) is 0 Å². The molecule has 3 N–H and O–H groups in total. The van der Waals surface area contributed by atoms with E-state index in [-0.39, 0.29) is 37.2 Å². The predicted octanol–water partition coefficient (Wildman–Crippen LogP) is 2.10. The molecule has 0 aliphatic heterocycles. The van der Waals surface area contributed by atoms with Crippen LogP contribution in [0.3, 0.4) is 0 Å². The summed E-state index contributed by atoms with van der Waals surface area (Å²) in [6.07, 6.45) is 2.08. The number of aliphatic hydroxyl groups excluding tert-OH is 1. The SMILES string of the molecule is CCNC(=NCc1ccc(OCCO)c(OC)c1)NCCSC.I. The number of rotatable bonds is 10. The molecule has 6 nitrogen and oxygen atoms in total. The zero-order valence-corrected chi connectivity index (χ0v) is 17.6. The number of hydrogen-bond acceptors (Lipinski definition) is 5. The number of aliphatic hydroxyl groups is 1. The third-order valence-electron chi connectivity index (χ3n) is 2.94. The Bertz CT molecular complexity index is 490. The molecule has 0 aromatic heterocycles. The molecule has 0 amide bonds. The first kappa shape index (κ1) is 23.1. The molecule has 0 aliphatic rings. The fourth-order valence-electron chi connectivity index (χ4n) is 1.87. The van der Waals surface area contributed by atoms with E-state index in [0.29, 0.717) is 18.0 Å². The highest BCUT2D eigenvalue weighted by atomic mass is 127. The van der Waals surface area contributed by atoms with E-state index in [4.69, 9.17) is 14.6 Å². The number of methoxy groups -OCH3 is 1. The molecule has 0 heterocycles. The van der Waals surface area contributed by atoms with Crippen LogP contribution >= 0.6 is 35.7 Å². The topological polar surface area (TPSA) is 75.1 Å². The van der Waals surface area contributed by atoms with Gasteiger partial charge in [-0.1, -0.05) is 6.07 Å². The van der Waals surface area contributed by atoms with Crippen molar-refractivity contribution < 1.29 is 14.6 Å². The molecule has 0 saturated carbocycles. The molecular formula is C16H28IN3O3S. The Kier molecular flexibility index (Phi) is 13.9. The molecule has 1 rings (SSSR count). The molecule has 138 valence electrons. The van der Waals surface area contributed by atoms with Gasteiger partial charge >= 0.3 is 0 Å². The van der Waals surface area contributed by atoms with E-state index >= 15 is 0 Å². The van der Waals surface area contributed by atoms with Gasteiger partial charge in [0.05, 0.1) is 20.3 Å². The molecule has 1 aromatic carbocycles. The normalized spacial score (nSPS) is 10.8. The first-order valence-electron chi connectivity index (χ1n) is 7.66. The summed E-state index contributed by atoms with van der Waals surface area (Å²) in [4.78, 5) is 4.57. The maximum atomic E-state index is 8.83. The van der Waals surface area contributed by atoms with E-state index in [2.05, 4.69) is 21.9 Å². The second kappa shape index (κ2) is 14.5. The number of guanidine groups is 1. The Morgan fingerprint density at radius 1 is 1.29 bits per heavy atom. The largest absolute Gasteiger partial charge is 0.493 e. The molecular weight excluding hydrogens is 441 g/mol. The monoisotopic (exact) mass is 469 g/mol. The van der Waals surface area contributed by atoms with Crippen LogP contribution in [0.15, 0.2) is 23.2 Å². The van der Waals surface area contributed by atoms with Crippen LogP contribution in [0.5, 0.6) is 11.5 Å². The Labute approximate surface area is 165 Å². The average molecular weight is 469 g/mol. The smallest absolute Gasteiger partial charge is 0.191 e. The van der Waals surface area contributed by atoms with Gasteiger partial charge in [-0.05, 0) is 30.9 Å². The number of halogens is 1. The van der Waals surface area contributed by atoms with Gasteiger partial charge in [-0.15, -0.1) is 24.0 Å². The molecule has 0 unspecified atom stereocenters. The number of benzene rings is 1. The zero-order chi connectivity index (χ0) is 16.9. The lowest BCUT2D eigenvalue weighted by atomic mass is 10.2. The third kappa shape index (κ3) is 8.84. The average Bonchev–Trinajstić information content (AvgIpc) is 2.58. The molecule has 0 fully saturated rings. The fourth-order valence-corrected chi connectivity index (χ4v) is 2.17. The molecule has 0 aliphatic carbocycles. The zero-order valence-electron chi connectivity index (χ0n) is 14.5. The van der Waals surface area contributed by atoms with Gasteiger partial charge in [0.1, 0.15) is 6.61 Å².